The zero-order valence-corrected chi connectivity index (χ0v) is 18.3. The van der Waals surface area contributed by atoms with Crippen molar-refractivity contribution in [3.05, 3.63) is 67.5 Å². The maximum atomic E-state index is 12.3. The molecule has 27 heavy (non-hydrogen) atoms. The van der Waals surface area contributed by atoms with Crippen molar-refractivity contribution in [2.45, 2.75) is 6.92 Å². The second-order valence-corrected chi connectivity index (χ2v) is 7.87. The van der Waals surface area contributed by atoms with Gasteiger partial charge in [-0.25, -0.2) is 4.98 Å². The van der Waals surface area contributed by atoms with Crippen LogP contribution in [0.1, 0.15) is 16.2 Å². The van der Waals surface area contributed by atoms with Gasteiger partial charge in [-0.3, -0.25) is 10.1 Å². The molecular weight excluding hydrogens is 520 g/mol. The number of rotatable bonds is 3. The molecule has 0 bridgehead atoms. The second kappa shape index (κ2) is 8.55. The molecule has 0 fully saturated rings. The van der Waals surface area contributed by atoms with E-state index in [4.69, 9.17) is 39.8 Å². The number of benzene rings is 1. The maximum absolute atomic E-state index is 12.3. The van der Waals surface area contributed by atoms with E-state index in [1.165, 1.54) is 6.07 Å². The van der Waals surface area contributed by atoms with E-state index in [1.54, 1.807) is 30.3 Å². The number of amides is 1. The summed E-state index contributed by atoms with van der Waals surface area (Å²) >= 11 is 19.5. The van der Waals surface area contributed by atoms with Gasteiger partial charge in [0.1, 0.15) is 11.6 Å². The predicted molar refractivity (Wildman–Crippen MR) is 120 cm³/mol. The molecule has 0 saturated carbocycles. The highest BCUT2D eigenvalue weighted by Crippen LogP contribution is 2.31. The lowest BCUT2D eigenvalue weighted by Crippen LogP contribution is -2.34. The molecule has 0 radical (unpaired) electrons. The summed E-state index contributed by atoms with van der Waals surface area (Å²) in [4.78, 5) is 16.7. The molecule has 2 heterocycles. The summed E-state index contributed by atoms with van der Waals surface area (Å²) in [7, 11) is 0. The van der Waals surface area contributed by atoms with Crippen LogP contribution in [0.25, 0.3) is 11.3 Å². The zero-order chi connectivity index (χ0) is 19.6. The number of furan rings is 1. The molecule has 1 aromatic carbocycles. The van der Waals surface area contributed by atoms with Gasteiger partial charge in [0.25, 0.3) is 5.91 Å². The van der Waals surface area contributed by atoms with Crippen LogP contribution in [0.5, 0.6) is 0 Å². The molecule has 0 spiro atoms. The van der Waals surface area contributed by atoms with Gasteiger partial charge in [-0.1, -0.05) is 23.2 Å². The standard InChI is InChI=1S/C18H12Cl2IN3O2S/c1-9-13(21)4-7-16(22-9)23-18(27)24-17(25)15-6-5-14(26-15)11-8-10(19)2-3-12(11)20/h2-8H,1H3,(H2,22,23,24,25,27). The Labute approximate surface area is 184 Å². The lowest BCUT2D eigenvalue weighted by Gasteiger charge is -2.09. The Hall–Kier alpha value is -1.68. The van der Waals surface area contributed by atoms with Crippen LogP contribution in [0, 0.1) is 10.5 Å². The van der Waals surface area contributed by atoms with E-state index in [9.17, 15) is 4.79 Å². The van der Waals surface area contributed by atoms with Crippen LogP contribution in [-0.4, -0.2) is 16.0 Å². The molecule has 0 aliphatic heterocycles. The van der Waals surface area contributed by atoms with Crippen LogP contribution in [0.4, 0.5) is 5.82 Å². The number of nitrogens with zero attached hydrogens (tertiary/aromatic N) is 1. The van der Waals surface area contributed by atoms with E-state index >= 15 is 0 Å². The van der Waals surface area contributed by atoms with Gasteiger partial charge in [0.15, 0.2) is 10.9 Å². The number of nitrogens with one attached hydrogen (secondary N) is 2. The Morgan fingerprint density at radius 2 is 1.96 bits per heavy atom. The maximum Gasteiger partial charge on any atom is 0.293 e. The molecule has 0 unspecified atom stereocenters. The third-order valence-electron chi connectivity index (χ3n) is 3.51. The summed E-state index contributed by atoms with van der Waals surface area (Å²) in [6, 6.07) is 11.9. The van der Waals surface area contributed by atoms with Gasteiger partial charge in [-0.2, -0.15) is 0 Å². The number of carbonyl (C=O) groups is 1. The normalized spacial score (nSPS) is 10.5. The monoisotopic (exact) mass is 531 g/mol. The fourth-order valence-electron chi connectivity index (χ4n) is 2.22. The van der Waals surface area contributed by atoms with E-state index in [1.807, 2.05) is 13.0 Å². The largest absolute Gasteiger partial charge is 0.451 e. The fourth-order valence-corrected chi connectivity index (χ4v) is 3.10. The van der Waals surface area contributed by atoms with Crippen molar-refractivity contribution in [3.63, 3.8) is 0 Å². The van der Waals surface area contributed by atoms with Crippen LogP contribution in [0.2, 0.25) is 10.0 Å². The minimum Gasteiger partial charge on any atom is -0.451 e. The lowest BCUT2D eigenvalue weighted by atomic mass is 10.2. The Morgan fingerprint density at radius 3 is 2.70 bits per heavy atom. The molecule has 3 rings (SSSR count). The zero-order valence-electron chi connectivity index (χ0n) is 13.8. The highest BCUT2D eigenvalue weighted by Gasteiger charge is 2.15. The first-order valence-electron chi connectivity index (χ1n) is 7.64. The number of thiocarbonyl (C=S) groups is 1. The summed E-state index contributed by atoms with van der Waals surface area (Å²) in [6.07, 6.45) is 0. The molecule has 5 nitrogen and oxygen atoms in total. The molecule has 0 atom stereocenters. The summed E-state index contributed by atoms with van der Waals surface area (Å²) in [5.74, 6) is 0.585. The number of halogens is 3. The van der Waals surface area contributed by atoms with Gasteiger partial charge >= 0.3 is 0 Å². The number of anilines is 1. The van der Waals surface area contributed by atoms with Gasteiger partial charge in [-0.15, -0.1) is 0 Å². The van der Waals surface area contributed by atoms with Crippen molar-refractivity contribution in [1.82, 2.24) is 10.3 Å². The molecule has 0 aliphatic rings. The van der Waals surface area contributed by atoms with E-state index in [0.29, 0.717) is 27.2 Å². The molecule has 138 valence electrons. The number of carbonyl (C=O) groups excluding carboxylic acids is 1. The van der Waals surface area contributed by atoms with Crippen LogP contribution < -0.4 is 10.6 Å². The van der Waals surface area contributed by atoms with Crippen LogP contribution in [0.15, 0.2) is 46.9 Å². The highest BCUT2D eigenvalue weighted by molar-refractivity contribution is 14.1. The minimum absolute atomic E-state index is 0.0944. The number of hydrogen-bond acceptors (Lipinski definition) is 4. The number of aryl methyl sites for hydroxylation is 1. The molecule has 0 aliphatic carbocycles. The first-order chi connectivity index (χ1) is 12.8. The summed E-state index contributed by atoms with van der Waals surface area (Å²) in [6.45, 7) is 1.89. The minimum atomic E-state index is -0.487. The number of hydrogen-bond donors (Lipinski definition) is 2. The van der Waals surface area contributed by atoms with Crippen molar-refractivity contribution >= 4 is 74.8 Å². The molecule has 2 aromatic heterocycles. The lowest BCUT2D eigenvalue weighted by molar-refractivity contribution is 0.0951. The van der Waals surface area contributed by atoms with Gasteiger partial charge in [0.2, 0.25) is 0 Å². The summed E-state index contributed by atoms with van der Waals surface area (Å²) in [5, 5.41) is 6.53. The van der Waals surface area contributed by atoms with Crippen LogP contribution in [0.3, 0.4) is 0 Å². The van der Waals surface area contributed by atoms with E-state index < -0.39 is 5.91 Å². The van der Waals surface area contributed by atoms with Gasteiger partial charge < -0.3 is 9.73 Å². The molecule has 3 aromatic rings. The first kappa shape index (κ1) is 20.1. The molecule has 1 amide bonds. The van der Waals surface area contributed by atoms with Gasteiger partial charge in [0.05, 0.1) is 10.7 Å². The molecule has 2 N–H and O–H groups in total. The van der Waals surface area contributed by atoms with Crippen LogP contribution in [-0.2, 0) is 0 Å². The Morgan fingerprint density at radius 1 is 1.19 bits per heavy atom. The van der Waals surface area contributed by atoms with Crippen molar-refractivity contribution in [1.29, 1.82) is 0 Å². The first-order valence-corrected chi connectivity index (χ1v) is 9.88. The Bertz CT molecular complexity index is 1040. The van der Waals surface area contributed by atoms with Crippen molar-refractivity contribution in [2.75, 3.05) is 5.32 Å². The van der Waals surface area contributed by atoms with Gasteiger partial charge in [-0.05, 0) is 84.2 Å². The third-order valence-corrected chi connectivity index (χ3v) is 5.42. The summed E-state index contributed by atoms with van der Waals surface area (Å²) in [5.41, 5.74) is 1.46. The average molecular weight is 532 g/mol. The average Bonchev–Trinajstić information content (AvgIpc) is 3.10. The Balaban J connectivity index is 1.69. The SMILES string of the molecule is Cc1nc(NC(=S)NC(=O)c2ccc(-c3cc(Cl)ccc3Cl)o2)ccc1I. The Kier molecular flexibility index (Phi) is 6.36. The quantitative estimate of drug-likeness (QED) is 0.336. The van der Waals surface area contributed by atoms with Crippen molar-refractivity contribution in [2.24, 2.45) is 0 Å². The fraction of sp³-hybridized carbons (Fsp3) is 0.0556. The van der Waals surface area contributed by atoms with E-state index in [2.05, 4.69) is 38.2 Å². The topological polar surface area (TPSA) is 67.2 Å². The highest BCUT2D eigenvalue weighted by atomic mass is 127. The second-order valence-electron chi connectivity index (χ2n) is 5.46. The molecule has 0 saturated heterocycles. The van der Waals surface area contributed by atoms with Crippen molar-refractivity contribution < 1.29 is 9.21 Å². The predicted octanol–water partition coefficient (Wildman–Crippen LogP) is 5.69. The number of aromatic nitrogens is 1. The van der Waals surface area contributed by atoms with E-state index in [0.717, 1.165) is 9.26 Å². The van der Waals surface area contributed by atoms with Gasteiger partial charge in [0, 0.05) is 14.2 Å². The smallest absolute Gasteiger partial charge is 0.293 e. The third kappa shape index (κ3) is 4.98. The van der Waals surface area contributed by atoms with Crippen molar-refractivity contribution in [3.8, 4) is 11.3 Å². The molecular formula is C18H12Cl2IN3O2S. The van der Waals surface area contributed by atoms with Crippen LogP contribution >= 0.6 is 58.0 Å². The molecule has 9 heteroatoms. The van der Waals surface area contributed by atoms with E-state index in [-0.39, 0.29) is 10.9 Å². The number of pyridine rings is 1. The summed E-state index contributed by atoms with van der Waals surface area (Å²) < 4.78 is 6.63.